The molecule has 0 aliphatic carbocycles. The topological polar surface area (TPSA) is 49.5 Å². The zero-order valence-corrected chi connectivity index (χ0v) is 9.90. The normalized spacial score (nSPS) is 21.0. The summed E-state index contributed by atoms with van der Waals surface area (Å²) >= 11 is 0. The molecule has 1 aliphatic heterocycles. The highest BCUT2D eigenvalue weighted by molar-refractivity contribution is 5.27. The molecule has 1 saturated heterocycles. The van der Waals surface area contributed by atoms with Crippen LogP contribution in [0, 0.1) is 11.7 Å². The van der Waals surface area contributed by atoms with Crippen LogP contribution in [0.3, 0.4) is 0 Å². The molecule has 1 aromatic rings. The molecule has 3 nitrogen and oxygen atoms in total. The van der Waals surface area contributed by atoms with Crippen molar-refractivity contribution < 1.29 is 9.50 Å². The first kappa shape index (κ1) is 12.5. The number of halogens is 1. The Bertz CT molecular complexity index is 384. The number of aliphatic hydroxyl groups excluding tert-OH is 1. The third kappa shape index (κ3) is 3.03. The summed E-state index contributed by atoms with van der Waals surface area (Å²) < 4.78 is 13.2. The molecule has 0 bridgehead atoms. The number of rotatable bonds is 4. The highest BCUT2D eigenvalue weighted by Gasteiger charge is 2.22. The van der Waals surface area contributed by atoms with Crippen LogP contribution in [-0.2, 0) is 13.1 Å². The Morgan fingerprint density at radius 3 is 2.88 bits per heavy atom. The minimum Gasteiger partial charge on any atom is -0.396 e. The van der Waals surface area contributed by atoms with Gasteiger partial charge in [-0.15, -0.1) is 0 Å². The maximum atomic E-state index is 13.2. The van der Waals surface area contributed by atoms with Gasteiger partial charge in [0, 0.05) is 26.2 Å². The molecule has 1 unspecified atom stereocenters. The zero-order valence-electron chi connectivity index (χ0n) is 9.90. The van der Waals surface area contributed by atoms with E-state index in [1.165, 1.54) is 6.07 Å². The van der Waals surface area contributed by atoms with Gasteiger partial charge in [0.05, 0.1) is 0 Å². The van der Waals surface area contributed by atoms with Crippen molar-refractivity contribution >= 4 is 0 Å². The van der Waals surface area contributed by atoms with Crippen LogP contribution in [0.15, 0.2) is 18.2 Å². The first-order valence-electron chi connectivity index (χ1n) is 6.03. The predicted octanol–water partition coefficient (Wildman–Crippen LogP) is 1.10. The van der Waals surface area contributed by atoms with Gasteiger partial charge in [0.2, 0.25) is 0 Å². The van der Waals surface area contributed by atoms with Crippen LogP contribution in [0.2, 0.25) is 0 Å². The number of hydrogen-bond donors (Lipinski definition) is 2. The summed E-state index contributed by atoms with van der Waals surface area (Å²) in [7, 11) is 0. The number of likely N-dealkylation sites (tertiary alicyclic amines) is 1. The SMILES string of the molecule is NCc1ccc(F)cc1CN1CCC(CO)C1. The molecule has 1 heterocycles. The summed E-state index contributed by atoms with van der Waals surface area (Å²) in [6, 6.07) is 4.77. The molecule has 1 aromatic carbocycles. The third-order valence-electron chi connectivity index (χ3n) is 3.41. The Morgan fingerprint density at radius 1 is 1.41 bits per heavy atom. The Balaban J connectivity index is 2.05. The molecule has 2 rings (SSSR count). The monoisotopic (exact) mass is 238 g/mol. The molecule has 1 fully saturated rings. The average molecular weight is 238 g/mol. The van der Waals surface area contributed by atoms with Crippen molar-refractivity contribution in [1.29, 1.82) is 0 Å². The van der Waals surface area contributed by atoms with Crippen LogP contribution in [0.5, 0.6) is 0 Å². The number of nitrogens with zero attached hydrogens (tertiary/aromatic N) is 1. The van der Waals surface area contributed by atoms with Crippen molar-refractivity contribution in [3.05, 3.63) is 35.1 Å². The summed E-state index contributed by atoms with van der Waals surface area (Å²) in [6.07, 6.45) is 1.02. The van der Waals surface area contributed by atoms with E-state index in [0.717, 1.165) is 37.2 Å². The van der Waals surface area contributed by atoms with E-state index in [1.54, 1.807) is 12.1 Å². The maximum Gasteiger partial charge on any atom is 0.123 e. The Hall–Kier alpha value is -0.970. The molecule has 3 N–H and O–H groups in total. The summed E-state index contributed by atoms with van der Waals surface area (Å²) in [6.45, 7) is 3.25. The zero-order chi connectivity index (χ0) is 12.3. The summed E-state index contributed by atoms with van der Waals surface area (Å²) in [5.41, 5.74) is 7.61. The molecule has 0 saturated carbocycles. The number of hydrogen-bond acceptors (Lipinski definition) is 3. The van der Waals surface area contributed by atoms with Gasteiger partial charge in [-0.05, 0) is 42.1 Å². The van der Waals surface area contributed by atoms with E-state index in [-0.39, 0.29) is 12.4 Å². The van der Waals surface area contributed by atoms with Gasteiger partial charge in [0.1, 0.15) is 5.82 Å². The predicted molar refractivity (Wildman–Crippen MR) is 64.8 cm³/mol. The summed E-state index contributed by atoms with van der Waals surface area (Å²) in [5.74, 6) is 0.153. The number of aliphatic hydroxyl groups is 1. The molecule has 4 heteroatoms. The van der Waals surface area contributed by atoms with Crippen LogP contribution in [0.25, 0.3) is 0 Å². The first-order chi connectivity index (χ1) is 8.22. The Kier molecular flexibility index (Phi) is 4.10. The van der Waals surface area contributed by atoms with E-state index in [9.17, 15) is 4.39 Å². The lowest BCUT2D eigenvalue weighted by Crippen LogP contribution is -2.22. The highest BCUT2D eigenvalue weighted by atomic mass is 19.1. The van der Waals surface area contributed by atoms with Gasteiger partial charge in [0.15, 0.2) is 0 Å². The van der Waals surface area contributed by atoms with Gasteiger partial charge < -0.3 is 10.8 Å². The van der Waals surface area contributed by atoms with Gasteiger partial charge >= 0.3 is 0 Å². The maximum absolute atomic E-state index is 13.2. The van der Waals surface area contributed by atoms with Gasteiger partial charge in [-0.3, -0.25) is 4.90 Å². The van der Waals surface area contributed by atoms with Crippen LogP contribution < -0.4 is 5.73 Å². The third-order valence-corrected chi connectivity index (χ3v) is 3.41. The molecule has 0 radical (unpaired) electrons. The second-order valence-electron chi connectivity index (χ2n) is 4.69. The van der Waals surface area contributed by atoms with Gasteiger partial charge in [0.25, 0.3) is 0 Å². The molecule has 1 aliphatic rings. The van der Waals surface area contributed by atoms with E-state index >= 15 is 0 Å². The fraction of sp³-hybridized carbons (Fsp3) is 0.538. The van der Waals surface area contributed by atoms with Crippen LogP contribution in [0.1, 0.15) is 17.5 Å². The fourth-order valence-corrected chi connectivity index (χ4v) is 2.39. The average Bonchev–Trinajstić information content (AvgIpc) is 2.77. The lowest BCUT2D eigenvalue weighted by Gasteiger charge is -2.17. The standard InChI is InChI=1S/C13H19FN2O/c14-13-2-1-11(6-15)12(5-13)8-16-4-3-10(7-16)9-17/h1-2,5,10,17H,3-4,6-9,15H2. The largest absolute Gasteiger partial charge is 0.396 e. The summed E-state index contributed by atoms with van der Waals surface area (Å²) in [5, 5.41) is 9.09. The van der Waals surface area contributed by atoms with Crippen molar-refractivity contribution in [3.8, 4) is 0 Å². The molecular formula is C13H19FN2O. The van der Waals surface area contributed by atoms with Crippen LogP contribution in [0.4, 0.5) is 4.39 Å². The smallest absolute Gasteiger partial charge is 0.123 e. The fourth-order valence-electron chi connectivity index (χ4n) is 2.39. The number of nitrogens with two attached hydrogens (primary N) is 1. The van der Waals surface area contributed by atoms with Crippen molar-refractivity contribution in [3.63, 3.8) is 0 Å². The van der Waals surface area contributed by atoms with Crippen molar-refractivity contribution in [2.45, 2.75) is 19.5 Å². The minimum absolute atomic E-state index is 0.213. The van der Waals surface area contributed by atoms with Crippen LogP contribution >= 0.6 is 0 Å². The quantitative estimate of drug-likeness (QED) is 0.826. The second-order valence-corrected chi connectivity index (χ2v) is 4.69. The minimum atomic E-state index is -0.213. The van der Waals surface area contributed by atoms with E-state index in [4.69, 9.17) is 10.8 Å². The van der Waals surface area contributed by atoms with E-state index < -0.39 is 0 Å². The molecule has 0 aromatic heterocycles. The van der Waals surface area contributed by atoms with Gasteiger partial charge in [-0.25, -0.2) is 4.39 Å². The number of benzene rings is 1. The molecule has 1 atom stereocenters. The highest BCUT2D eigenvalue weighted by Crippen LogP contribution is 2.20. The molecule has 0 amide bonds. The summed E-state index contributed by atoms with van der Waals surface area (Å²) in [4.78, 5) is 2.24. The van der Waals surface area contributed by atoms with Crippen molar-refractivity contribution in [1.82, 2.24) is 4.90 Å². The van der Waals surface area contributed by atoms with Gasteiger partial charge in [-0.2, -0.15) is 0 Å². The Labute approximate surface area is 101 Å². The van der Waals surface area contributed by atoms with E-state index in [2.05, 4.69) is 4.90 Å². The molecule has 17 heavy (non-hydrogen) atoms. The second kappa shape index (κ2) is 5.58. The first-order valence-corrected chi connectivity index (χ1v) is 6.03. The molecular weight excluding hydrogens is 219 g/mol. The van der Waals surface area contributed by atoms with Crippen molar-refractivity contribution in [2.24, 2.45) is 11.7 Å². The lowest BCUT2D eigenvalue weighted by atomic mass is 10.1. The van der Waals surface area contributed by atoms with Gasteiger partial charge in [-0.1, -0.05) is 6.07 Å². The van der Waals surface area contributed by atoms with E-state index in [1.807, 2.05) is 0 Å². The van der Waals surface area contributed by atoms with Crippen molar-refractivity contribution in [2.75, 3.05) is 19.7 Å². The lowest BCUT2D eigenvalue weighted by molar-refractivity contribution is 0.220. The van der Waals surface area contributed by atoms with E-state index in [0.29, 0.717) is 12.5 Å². The molecule has 94 valence electrons. The van der Waals surface area contributed by atoms with Crippen LogP contribution in [-0.4, -0.2) is 29.7 Å². The molecule has 0 spiro atoms. The Morgan fingerprint density at radius 2 is 2.24 bits per heavy atom.